The van der Waals surface area contributed by atoms with E-state index < -0.39 is 5.54 Å². The average Bonchev–Trinajstić information content (AvgIpc) is 2.07. The fraction of sp³-hybridized carbons (Fsp3) is 0.444. The van der Waals surface area contributed by atoms with Crippen molar-refractivity contribution >= 4 is 5.91 Å². The van der Waals surface area contributed by atoms with Crippen LogP contribution in [0, 0.1) is 12.3 Å². The summed E-state index contributed by atoms with van der Waals surface area (Å²) in [5.41, 5.74) is -0.121. The van der Waals surface area contributed by atoms with Gasteiger partial charge in [-0.25, -0.2) is 0 Å². The highest BCUT2D eigenvalue weighted by atomic mass is 16.1. The van der Waals surface area contributed by atoms with Gasteiger partial charge in [0.15, 0.2) is 0 Å². The lowest BCUT2D eigenvalue weighted by molar-refractivity contribution is -0.118. The third-order valence-corrected chi connectivity index (χ3v) is 1.17. The van der Waals surface area contributed by atoms with Crippen LogP contribution in [0.25, 0.3) is 0 Å². The van der Waals surface area contributed by atoms with Gasteiger partial charge in [0.1, 0.15) is 0 Å². The normalized spacial score (nSPS) is 8.92. The van der Waals surface area contributed by atoms with Gasteiger partial charge in [0.05, 0.1) is 5.54 Å². The van der Waals surface area contributed by atoms with Crippen LogP contribution in [0.3, 0.4) is 0 Å². The molecule has 0 aliphatic heterocycles. The molecule has 0 fully saturated rings. The van der Waals surface area contributed by atoms with Gasteiger partial charge in [-0.05, 0) is 20.8 Å². The highest BCUT2D eigenvalue weighted by Crippen LogP contribution is 2.00. The van der Waals surface area contributed by atoms with Gasteiger partial charge in [0, 0.05) is 5.57 Å². The van der Waals surface area contributed by atoms with Crippen LogP contribution in [0.15, 0.2) is 12.2 Å². The van der Waals surface area contributed by atoms with Crippen molar-refractivity contribution in [3.8, 4) is 12.3 Å². The summed E-state index contributed by atoms with van der Waals surface area (Å²) in [6.45, 7) is 8.65. The summed E-state index contributed by atoms with van der Waals surface area (Å²) in [5, 5.41) is 2.63. The van der Waals surface area contributed by atoms with Crippen molar-refractivity contribution in [2.24, 2.45) is 11.7 Å². The molecule has 0 aromatic carbocycles. The maximum absolute atomic E-state index is 11.0. The molecule has 4 heteroatoms. The highest BCUT2D eigenvalue weighted by molar-refractivity contribution is 5.92. The van der Waals surface area contributed by atoms with Crippen LogP contribution in [0.5, 0.6) is 0 Å². The van der Waals surface area contributed by atoms with E-state index in [1.165, 1.54) is 0 Å². The summed E-state index contributed by atoms with van der Waals surface area (Å²) < 4.78 is 0. The maximum Gasteiger partial charge on any atom is 0.247 e. The number of nitrogens with two attached hydrogens (primary N) is 2. The molecule has 4 nitrogen and oxygen atoms in total. The first-order chi connectivity index (χ1) is 5.89. The molecule has 0 saturated carbocycles. The number of nitrogens with one attached hydrogen (secondary N) is 1. The molecule has 0 saturated heterocycles. The largest absolute Gasteiger partial charge is 0.337 e. The Morgan fingerprint density at radius 3 is 2.15 bits per heavy atom. The lowest BCUT2D eigenvalue weighted by Gasteiger charge is -2.19. The van der Waals surface area contributed by atoms with E-state index in [1.807, 2.05) is 0 Å². The fourth-order valence-electron chi connectivity index (χ4n) is 0.427. The van der Waals surface area contributed by atoms with Gasteiger partial charge in [-0.15, -0.1) is 6.42 Å². The Labute approximate surface area is 79.3 Å². The first kappa shape index (κ1) is 14.2. The van der Waals surface area contributed by atoms with E-state index in [2.05, 4.69) is 29.5 Å². The van der Waals surface area contributed by atoms with Gasteiger partial charge < -0.3 is 5.32 Å². The number of rotatable bonds is 2. The summed E-state index contributed by atoms with van der Waals surface area (Å²) in [6, 6.07) is 0. The van der Waals surface area contributed by atoms with Crippen LogP contribution in [0.4, 0.5) is 0 Å². The van der Waals surface area contributed by atoms with Gasteiger partial charge in [0.2, 0.25) is 5.91 Å². The maximum atomic E-state index is 11.0. The molecule has 0 spiro atoms. The summed E-state index contributed by atoms with van der Waals surface area (Å²) in [6.07, 6.45) is 5.16. The first-order valence-corrected chi connectivity index (χ1v) is 3.68. The quantitative estimate of drug-likeness (QED) is 0.242. The smallest absolute Gasteiger partial charge is 0.247 e. The molecule has 0 rings (SSSR count). The molecule has 0 bridgehead atoms. The van der Waals surface area contributed by atoms with Crippen LogP contribution in [-0.2, 0) is 4.79 Å². The SMILES string of the molecule is C#CC(C)(C)NC(=O)C(=C)C.NN. The van der Waals surface area contributed by atoms with Crippen LogP contribution >= 0.6 is 0 Å². The number of terminal acetylenes is 1. The molecule has 0 aliphatic rings. The summed E-state index contributed by atoms with van der Waals surface area (Å²) in [7, 11) is 0. The van der Waals surface area contributed by atoms with Crippen molar-refractivity contribution in [3.05, 3.63) is 12.2 Å². The van der Waals surface area contributed by atoms with E-state index in [9.17, 15) is 4.79 Å². The third kappa shape index (κ3) is 7.06. The van der Waals surface area contributed by atoms with Crippen molar-refractivity contribution < 1.29 is 4.79 Å². The zero-order chi connectivity index (χ0) is 11.1. The molecule has 0 radical (unpaired) electrons. The Kier molecular flexibility index (Phi) is 6.82. The van der Waals surface area contributed by atoms with E-state index in [0.717, 1.165) is 0 Å². The Hall–Kier alpha value is -1.31. The molecular formula is C9H17N3O. The van der Waals surface area contributed by atoms with Crippen molar-refractivity contribution in [1.29, 1.82) is 0 Å². The minimum atomic E-state index is -0.587. The third-order valence-electron chi connectivity index (χ3n) is 1.17. The monoisotopic (exact) mass is 183 g/mol. The standard InChI is InChI=1S/C9H13NO.H4N2/c1-6-9(4,5)10-8(11)7(2)3;1-2/h1H,2H2,3-5H3,(H,10,11);1-2H2. The van der Waals surface area contributed by atoms with Gasteiger partial charge in [-0.3, -0.25) is 16.5 Å². The first-order valence-electron chi connectivity index (χ1n) is 3.68. The number of hydrogen-bond acceptors (Lipinski definition) is 3. The molecule has 1 amide bonds. The number of hydrazine groups is 1. The number of hydrogen-bond donors (Lipinski definition) is 3. The van der Waals surface area contributed by atoms with Crippen molar-refractivity contribution in [3.63, 3.8) is 0 Å². The summed E-state index contributed by atoms with van der Waals surface area (Å²) in [5.74, 6) is 10.3. The molecule has 0 unspecified atom stereocenters. The van der Waals surface area contributed by atoms with Crippen LogP contribution < -0.4 is 17.0 Å². The minimum Gasteiger partial charge on any atom is -0.337 e. The summed E-state index contributed by atoms with van der Waals surface area (Å²) in [4.78, 5) is 11.0. The molecule has 0 aromatic rings. The van der Waals surface area contributed by atoms with Crippen molar-refractivity contribution in [1.82, 2.24) is 5.32 Å². The predicted octanol–water partition coefficient (Wildman–Crippen LogP) is -0.0907. The molecule has 13 heavy (non-hydrogen) atoms. The molecule has 0 aliphatic carbocycles. The van der Waals surface area contributed by atoms with Crippen LogP contribution in [0.1, 0.15) is 20.8 Å². The van der Waals surface area contributed by atoms with E-state index in [4.69, 9.17) is 6.42 Å². The van der Waals surface area contributed by atoms with Gasteiger partial charge in [0.25, 0.3) is 0 Å². The Morgan fingerprint density at radius 1 is 1.54 bits per heavy atom. The minimum absolute atomic E-state index is 0.201. The fourth-order valence-corrected chi connectivity index (χ4v) is 0.427. The number of carbonyl (C=O) groups is 1. The van der Waals surface area contributed by atoms with Crippen molar-refractivity contribution in [2.75, 3.05) is 0 Å². The van der Waals surface area contributed by atoms with Crippen LogP contribution in [-0.4, -0.2) is 11.4 Å². The second-order valence-corrected chi connectivity index (χ2v) is 3.00. The highest BCUT2D eigenvalue weighted by Gasteiger charge is 2.16. The zero-order valence-electron chi connectivity index (χ0n) is 8.35. The molecule has 0 aromatic heterocycles. The average molecular weight is 183 g/mol. The Balaban J connectivity index is 0. The van der Waals surface area contributed by atoms with E-state index in [1.54, 1.807) is 20.8 Å². The number of amides is 1. The van der Waals surface area contributed by atoms with Gasteiger partial charge >= 0.3 is 0 Å². The van der Waals surface area contributed by atoms with Gasteiger partial charge in [-0.1, -0.05) is 12.5 Å². The molecule has 5 N–H and O–H groups in total. The molecular weight excluding hydrogens is 166 g/mol. The topological polar surface area (TPSA) is 81.1 Å². The summed E-state index contributed by atoms with van der Waals surface area (Å²) >= 11 is 0. The second kappa shape index (κ2) is 6.23. The lowest BCUT2D eigenvalue weighted by Crippen LogP contribution is -2.42. The van der Waals surface area contributed by atoms with Gasteiger partial charge in [-0.2, -0.15) is 0 Å². The van der Waals surface area contributed by atoms with E-state index in [0.29, 0.717) is 5.57 Å². The Morgan fingerprint density at radius 2 is 1.92 bits per heavy atom. The van der Waals surface area contributed by atoms with Crippen molar-refractivity contribution in [2.45, 2.75) is 26.3 Å². The zero-order valence-corrected chi connectivity index (χ0v) is 8.35. The van der Waals surface area contributed by atoms with E-state index >= 15 is 0 Å². The molecule has 0 heterocycles. The number of carbonyl (C=O) groups excluding carboxylic acids is 1. The Bertz CT molecular complexity index is 226. The lowest BCUT2D eigenvalue weighted by atomic mass is 10.1. The second-order valence-electron chi connectivity index (χ2n) is 3.00. The van der Waals surface area contributed by atoms with Crippen LogP contribution in [0.2, 0.25) is 0 Å². The van der Waals surface area contributed by atoms with E-state index in [-0.39, 0.29) is 5.91 Å². The molecule has 74 valence electrons. The predicted molar refractivity (Wildman–Crippen MR) is 54.2 cm³/mol. The molecule has 0 atom stereocenters.